The fourth-order valence-corrected chi connectivity index (χ4v) is 1.48. The maximum atomic E-state index is 11.0. The average Bonchev–Trinajstić information content (AvgIpc) is 2.21. The molecule has 0 aliphatic heterocycles. The van der Waals surface area contributed by atoms with Crippen molar-refractivity contribution >= 4 is 11.9 Å². The molecule has 0 heterocycles. The fraction of sp³-hybridized carbons (Fsp3) is 0.667. The number of carboxylic acid groups (broad SMARTS) is 2. The molecule has 0 amide bonds. The molecule has 0 atom stereocenters. The first-order valence-corrected chi connectivity index (χ1v) is 5.73. The molecule has 0 bridgehead atoms. The van der Waals surface area contributed by atoms with E-state index in [1.54, 1.807) is 0 Å². The van der Waals surface area contributed by atoms with Crippen LogP contribution in [0.1, 0.15) is 52.4 Å². The normalized spacial score (nSPS) is 12.1. The summed E-state index contributed by atoms with van der Waals surface area (Å²) in [4.78, 5) is 22.0. The summed E-state index contributed by atoms with van der Waals surface area (Å²) >= 11 is 0. The van der Waals surface area contributed by atoms with Crippen molar-refractivity contribution in [2.45, 2.75) is 52.4 Å². The van der Waals surface area contributed by atoms with Gasteiger partial charge in [-0.15, -0.1) is 0 Å². The predicted molar refractivity (Wildman–Crippen MR) is 61.3 cm³/mol. The van der Waals surface area contributed by atoms with Gasteiger partial charge in [-0.1, -0.05) is 26.7 Å². The summed E-state index contributed by atoms with van der Waals surface area (Å²) in [5.41, 5.74) is 0.144. The van der Waals surface area contributed by atoms with Gasteiger partial charge < -0.3 is 10.2 Å². The molecular weight excluding hydrogens is 208 g/mol. The molecule has 0 aromatic heterocycles. The lowest BCUT2D eigenvalue weighted by Crippen LogP contribution is -2.11. The molecule has 4 nitrogen and oxygen atoms in total. The maximum Gasteiger partial charge on any atom is 0.332 e. The van der Waals surface area contributed by atoms with Crippen LogP contribution in [0.2, 0.25) is 0 Å². The number of carboxylic acids is 2. The van der Waals surface area contributed by atoms with E-state index in [-0.39, 0.29) is 11.1 Å². The van der Waals surface area contributed by atoms with E-state index in [1.807, 2.05) is 13.8 Å². The number of hydrogen-bond donors (Lipinski definition) is 2. The highest BCUT2D eigenvalue weighted by Crippen LogP contribution is 2.18. The largest absolute Gasteiger partial charge is 0.478 e. The number of hydrogen-bond acceptors (Lipinski definition) is 2. The topological polar surface area (TPSA) is 74.6 Å². The molecule has 0 aliphatic rings. The van der Waals surface area contributed by atoms with Crippen molar-refractivity contribution in [1.82, 2.24) is 0 Å². The Bertz CT molecular complexity index is 251. The number of aliphatic carboxylic acids is 2. The molecule has 2 N–H and O–H groups in total. The highest BCUT2D eigenvalue weighted by molar-refractivity contribution is 5.98. The van der Waals surface area contributed by atoms with Gasteiger partial charge >= 0.3 is 11.9 Å². The highest BCUT2D eigenvalue weighted by atomic mass is 16.4. The smallest absolute Gasteiger partial charge is 0.332 e. The first kappa shape index (κ1) is 14.7. The van der Waals surface area contributed by atoms with E-state index in [2.05, 4.69) is 0 Å². The molecule has 0 unspecified atom stereocenters. The Morgan fingerprint density at radius 1 is 0.812 bits per heavy atom. The van der Waals surface area contributed by atoms with Gasteiger partial charge in [-0.05, 0) is 25.7 Å². The first-order valence-electron chi connectivity index (χ1n) is 5.73. The van der Waals surface area contributed by atoms with Crippen molar-refractivity contribution in [2.75, 3.05) is 0 Å². The Labute approximate surface area is 96.0 Å². The molecule has 0 fully saturated rings. The van der Waals surface area contributed by atoms with Crippen molar-refractivity contribution in [3.63, 3.8) is 0 Å². The summed E-state index contributed by atoms with van der Waals surface area (Å²) < 4.78 is 0. The van der Waals surface area contributed by atoms with Crippen LogP contribution < -0.4 is 0 Å². The summed E-state index contributed by atoms with van der Waals surface area (Å²) in [6, 6.07) is 0. The SMILES string of the molecule is CCCC/C(C(=O)O)=C(/CCCC)C(=O)O. The zero-order chi connectivity index (χ0) is 12.6. The third-order valence-electron chi connectivity index (χ3n) is 2.44. The molecule has 0 saturated carbocycles. The van der Waals surface area contributed by atoms with E-state index in [0.29, 0.717) is 25.7 Å². The minimum absolute atomic E-state index is 0.0720. The van der Waals surface area contributed by atoms with E-state index in [4.69, 9.17) is 10.2 Å². The number of unbranched alkanes of at least 4 members (excludes halogenated alkanes) is 2. The van der Waals surface area contributed by atoms with Gasteiger partial charge in [-0.25, -0.2) is 9.59 Å². The number of rotatable bonds is 8. The van der Waals surface area contributed by atoms with Gasteiger partial charge in [0.05, 0.1) is 0 Å². The van der Waals surface area contributed by atoms with E-state index >= 15 is 0 Å². The van der Waals surface area contributed by atoms with E-state index in [1.165, 1.54) is 0 Å². The van der Waals surface area contributed by atoms with Gasteiger partial charge in [0, 0.05) is 11.1 Å². The zero-order valence-corrected chi connectivity index (χ0v) is 9.95. The van der Waals surface area contributed by atoms with Crippen LogP contribution in [0.4, 0.5) is 0 Å². The third kappa shape index (κ3) is 4.96. The molecule has 0 rings (SSSR count). The monoisotopic (exact) mass is 228 g/mol. The van der Waals surface area contributed by atoms with Gasteiger partial charge in [0.1, 0.15) is 0 Å². The molecule has 0 aromatic carbocycles. The lowest BCUT2D eigenvalue weighted by atomic mass is 9.98. The van der Waals surface area contributed by atoms with Crippen LogP contribution in [0.15, 0.2) is 11.1 Å². The van der Waals surface area contributed by atoms with Crippen LogP contribution in [0.3, 0.4) is 0 Å². The van der Waals surface area contributed by atoms with Crippen LogP contribution in [0.25, 0.3) is 0 Å². The highest BCUT2D eigenvalue weighted by Gasteiger charge is 2.18. The second-order valence-corrected chi connectivity index (χ2v) is 3.77. The van der Waals surface area contributed by atoms with Crippen molar-refractivity contribution in [3.8, 4) is 0 Å². The van der Waals surface area contributed by atoms with Crippen LogP contribution in [-0.2, 0) is 9.59 Å². The first-order chi connectivity index (χ1) is 7.54. The lowest BCUT2D eigenvalue weighted by Gasteiger charge is -2.08. The summed E-state index contributed by atoms with van der Waals surface area (Å²) in [6.45, 7) is 3.90. The summed E-state index contributed by atoms with van der Waals surface area (Å²) in [5, 5.41) is 18.0. The molecule has 0 spiro atoms. The maximum absolute atomic E-state index is 11.0. The summed E-state index contributed by atoms with van der Waals surface area (Å²) in [6.07, 6.45) is 3.83. The fourth-order valence-electron chi connectivity index (χ4n) is 1.48. The van der Waals surface area contributed by atoms with E-state index in [9.17, 15) is 9.59 Å². The quantitative estimate of drug-likeness (QED) is 0.626. The second kappa shape index (κ2) is 7.91. The molecule has 0 aromatic rings. The van der Waals surface area contributed by atoms with Crippen LogP contribution in [0, 0.1) is 0 Å². The molecule has 4 heteroatoms. The van der Waals surface area contributed by atoms with E-state index < -0.39 is 11.9 Å². The van der Waals surface area contributed by atoms with Gasteiger partial charge in [-0.3, -0.25) is 0 Å². The van der Waals surface area contributed by atoms with Crippen molar-refractivity contribution < 1.29 is 19.8 Å². The molecule has 16 heavy (non-hydrogen) atoms. The Morgan fingerprint density at radius 2 is 1.12 bits per heavy atom. The Morgan fingerprint density at radius 3 is 1.31 bits per heavy atom. The number of carbonyl (C=O) groups is 2. The van der Waals surface area contributed by atoms with Gasteiger partial charge in [0.25, 0.3) is 0 Å². The summed E-state index contributed by atoms with van der Waals surface area (Å²) in [7, 11) is 0. The Hall–Kier alpha value is -1.32. The van der Waals surface area contributed by atoms with Crippen molar-refractivity contribution in [1.29, 1.82) is 0 Å². The lowest BCUT2D eigenvalue weighted by molar-refractivity contribution is -0.136. The molecular formula is C12H20O4. The Balaban J connectivity index is 4.94. The molecule has 0 radical (unpaired) electrons. The van der Waals surface area contributed by atoms with Crippen LogP contribution in [-0.4, -0.2) is 22.2 Å². The van der Waals surface area contributed by atoms with E-state index in [0.717, 1.165) is 12.8 Å². The zero-order valence-electron chi connectivity index (χ0n) is 9.95. The summed E-state index contributed by atoms with van der Waals surface area (Å²) in [5.74, 6) is -2.19. The van der Waals surface area contributed by atoms with Crippen molar-refractivity contribution in [3.05, 3.63) is 11.1 Å². The van der Waals surface area contributed by atoms with Crippen LogP contribution in [0.5, 0.6) is 0 Å². The molecule has 92 valence electrons. The minimum Gasteiger partial charge on any atom is -0.478 e. The Kier molecular flexibility index (Phi) is 7.25. The van der Waals surface area contributed by atoms with Gasteiger partial charge in [0.15, 0.2) is 0 Å². The second-order valence-electron chi connectivity index (χ2n) is 3.77. The van der Waals surface area contributed by atoms with Gasteiger partial charge in [-0.2, -0.15) is 0 Å². The molecule has 0 saturated heterocycles. The minimum atomic E-state index is -1.10. The third-order valence-corrected chi connectivity index (χ3v) is 2.44. The average molecular weight is 228 g/mol. The predicted octanol–water partition coefficient (Wildman–Crippen LogP) is 2.83. The standard InChI is InChI=1S/C12H20O4/c1-3-5-7-9(11(13)14)10(12(15)16)8-6-4-2/h3-8H2,1-2H3,(H,13,14)(H,15,16)/b10-9+. The van der Waals surface area contributed by atoms with Crippen molar-refractivity contribution in [2.24, 2.45) is 0 Å². The molecule has 0 aliphatic carbocycles. The van der Waals surface area contributed by atoms with Gasteiger partial charge in [0.2, 0.25) is 0 Å². The van der Waals surface area contributed by atoms with Crippen LogP contribution >= 0.6 is 0 Å².